The van der Waals surface area contributed by atoms with Gasteiger partial charge in [0, 0.05) is 12.1 Å². The number of amides is 1. The van der Waals surface area contributed by atoms with Gasteiger partial charge in [-0.2, -0.15) is 0 Å². The molecule has 0 spiro atoms. The highest BCUT2D eigenvalue weighted by Gasteiger charge is 2.29. The monoisotopic (exact) mass is 281 g/mol. The fourth-order valence-electron chi connectivity index (χ4n) is 3.60. The van der Waals surface area contributed by atoms with Crippen molar-refractivity contribution in [3.05, 3.63) is 0 Å². The highest BCUT2D eigenvalue weighted by Crippen LogP contribution is 2.22. The molecule has 1 saturated heterocycles. The second-order valence-corrected chi connectivity index (χ2v) is 6.62. The highest BCUT2D eigenvalue weighted by atomic mass is 16.2. The molecule has 2 fully saturated rings. The van der Waals surface area contributed by atoms with Crippen LogP contribution in [-0.4, -0.2) is 49.1 Å². The predicted molar refractivity (Wildman–Crippen MR) is 82.7 cm³/mol. The minimum Gasteiger partial charge on any atom is -0.352 e. The van der Waals surface area contributed by atoms with Gasteiger partial charge in [-0.1, -0.05) is 12.8 Å². The largest absolute Gasteiger partial charge is 0.352 e. The van der Waals surface area contributed by atoms with Crippen molar-refractivity contribution in [3.63, 3.8) is 0 Å². The summed E-state index contributed by atoms with van der Waals surface area (Å²) in [7, 11) is 2.04. The quantitative estimate of drug-likeness (QED) is 0.807. The van der Waals surface area contributed by atoms with E-state index in [-0.39, 0.29) is 11.9 Å². The SMILES string of the molecule is CNC(C)C1CCN(C(C)C(=O)NC2CCCC2)CC1. The number of piperidine rings is 1. The van der Waals surface area contributed by atoms with E-state index in [1.54, 1.807) is 0 Å². The van der Waals surface area contributed by atoms with Crippen LogP contribution in [-0.2, 0) is 4.79 Å². The smallest absolute Gasteiger partial charge is 0.237 e. The lowest BCUT2D eigenvalue weighted by atomic mass is 9.90. The van der Waals surface area contributed by atoms with Gasteiger partial charge < -0.3 is 10.6 Å². The molecule has 2 rings (SSSR count). The Balaban J connectivity index is 1.75. The van der Waals surface area contributed by atoms with E-state index in [4.69, 9.17) is 0 Å². The van der Waals surface area contributed by atoms with Gasteiger partial charge in [0.1, 0.15) is 0 Å². The van der Waals surface area contributed by atoms with Crippen molar-refractivity contribution in [2.24, 2.45) is 5.92 Å². The summed E-state index contributed by atoms with van der Waals surface area (Å²) in [4.78, 5) is 14.7. The number of carbonyl (C=O) groups excluding carboxylic acids is 1. The van der Waals surface area contributed by atoms with Crippen LogP contribution in [0.5, 0.6) is 0 Å². The maximum Gasteiger partial charge on any atom is 0.237 e. The summed E-state index contributed by atoms with van der Waals surface area (Å²) in [5, 5.41) is 6.58. The second kappa shape index (κ2) is 7.41. The van der Waals surface area contributed by atoms with Gasteiger partial charge in [-0.05, 0) is 65.6 Å². The molecule has 1 aliphatic heterocycles. The van der Waals surface area contributed by atoms with E-state index >= 15 is 0 Å². The third-order valence-corrected chi connectivity index (χ3v) is 5.37. The fraction of sp³-hybridized carbons (Fsp3) is 0.938. The molecule has 2 unspecified atom stereocenters. The van der Waals surface area contributed by atoms with Gasteiger partial charge in [-0.25, -0.2) is 0 Å². The zero-order chi connectivity index (χ0) is 14.5. The van der Waals surface area contributed by atoms with Crippen LogP contribution in [0, 0.1) is 5.92 Å². The zero-order valence-corrected chi connectivity index (χ0v) is 13.3. The first kappa shape index (κ1) is 15.8. The average molecular weight is 281 g/mol. The number of hydrogen-bond acceptors (Lipinski definition) is 3. The maximum atomic E-state index is 12.3. The number of hydrogen-bond donors (Lipinski definition) is 2. The van der Waals surface area contributed by atoms with Crippen molar-refractivity contribution in [2.45, 2.75) is 70.5 Å². The number of rotatable bonds is 5. The van der Waals surface area contributed by atoms with E-state index < -0.39 is 0 Å². The number of nitrogens with zero attached hydrogens (tertiary/aromatic N) is 1. The van der Waals surface area contributed by atoms with Crippen LogP contribution in [0.2, 0.25) is 0 Å². The van der Waals surface area contributed by atoms with E-state index in [0.29, 0.717) is 12.1 Å². The molecule has 1 heterocycles. The molecule has 0 radical (unpaired) electrons. The third kappa shape index (κ3) is 3.95. The van der Waals surface area contributed by atoms with Crippen molar-refractivity contribution in [3.8, 4) is 0 Å². The summed E-state index contributed by atoms with van der Waals surface area (Å²) in [6.07, 6.45) is 7.27. The topological polar surface area (TPSA) is 44.4 Å². The van der Waals surface area contributed by atoms with Gasteiger partial charge in [0.05, 0.1) is 6.04 Å². The zero-order valence-electron chi connectivity index (χ0n) is 13.3. The third-order valence-electron chi connectivity index (χ3n) is 5.37. The van der Waals surface area contributed by atoms with E-state index in [2.05, 4.69) is 29.4 Å². The molecule has 0 aromatic rings. The fourth-order valence-corrected chi connectivity index (χ4v) is 3.60. The summed E-state index contributed by atoms with van der Waals surface area (Å²) < 4.78 is 0. The van der Waals surface area contributed by atoms with Crippen LogP contribution in [0.25, 0.3) is 0 Å². The molecule has 20 heavy (non-hydrogen) atoms. The van der Waals surface area contributed by atoms with Gasteiger partial charge in [0.2, 0.25) is 5.91 Å². The summed E-state index contributed by atoms with van der Waals surface area (Å²) in [6, 6.07) is 1.05. The number of likely N-dealkylation sites (tertiary alicyclic amines) is 1. The standard InChI is InChI=1S/C16H31N3O/c1-12(17-3)14-8-10-19(11-9-14)13(2)16(20)18-15-6-4-5-7-15/h12-15,17H,4-11H2,1-3H3,(H,18,20). The molecule has 1 saturated carbocycles. The molecular weight excluding hydrogens is 250 g/mol. The lowest BCUT2D eigenvalue weighted by molar-refractivity contribution is -0.127. The van der Waals surface area contributed by atoms with Gasteiger partial charge in [0.25, 0.3) is 0 Å². The van der Waals surface area contributed by atoms with Crippen molar-refractivity contribution in [1.82, 2.24) is 15.5 Å². The molecule has 1 aliphatic carbocycles. The Morgan fingerprint density at radius 3 is 2.25 bits per heavy atom. The van der Waals surface area contributed by atoms with Crippen LogP contribution >= 0.6 is 0 Å². The Morgan fingerprint density at radius 2 is 1.70 bits per heavy atom. The van der Waals surface area contributed by atoms with Crippen LogP contribution in [0.4, 0.5) is 0 Å². The first-order chi connectivity index (χ1) is 9.61. The Morgan fingerprint density at radius 1 is 1.10 bits per heavy atom. The molecule has 2 aliphatic rings. The predicted octanol–water partition coefficient (Wildman–Crippen LogP) is 1.75. The lowest BCUT2D eigenvalue weighted by Gasteiger charge is -2.37. The Kier molecular flexibility index (Phi) is 5.85. The summed E-state index contributed by atoms with van der Waals surface area (Å²) >= 11 is 0. The Labute approximate surface area is 123 Å². The van der Waals surface area contributed by atoms with Gasteiger partial charge in [-0.3, -0.25) is 9.69 Å². The number of nitrogens with one attached hydrogen (secondary N) is 2. The molecule has 0 bridgehead atoms. The molecule has 4 nitrogen and oxygen atoms in total. The van der Waals surface area contributed by atoms with Gasteiger partial charge in [-0.15, -0.1) is 0 Å². The van der Waals surface area contributed by atoms with E-state index in [0.717, 1.165) is 19.0 Å². The van der Waals surface area contributed by atoms with Gasteiger partial charge >= 0.3 is 0 Å². The normalized spacial score (nSPS) is 25.6. The lowest BCUT2D eigenvalue weighted by Crippen LogP contribution is -2.51. The Bertz CT molecular complexity index is 307. The first-order valence-corrected chi connectivity index (χ1v) is 8.33. The average Bonchev–Trinajstić information content (AvgIpc) is 2.98. The van der Waals surface area contributed by atoms with E-state index in [1.165, 1.54) is 38.5 Å². The van der Waals surface area contributed by atoms with Crippen molar-refractivity contribution < 1.29 is 4.79 Å². The van der Waals surface area contributed by atoms with Gasteiger partial charge in [0.15, 0.2) is 0 Å². The molecule has 2 atom stereocenters. The molecule has 0 aromatic heterocycles. The minimum atomic E-state index is 0.0291. The van der Waals surface area contributed by atoms with Crippen molar-refractivity contribution in [1.29, 1.82) is 0 Å². The van der Waals surface area contributed by atoms with Crippen molar-refractivity contribution >= 4 is 5.91 Å². The van der Waals surface area contributed by atoms with Crippen LogP contribution in [0.1, 0.15) is 52.4 Å². The molecule has 116 valence electrons. The molecule has 1 amide bonds. The first-order valence-electron chi connectivity index (χ1n) is 8.33. The van der Waals surface area contributed by atoms with Crippen molar-refractivity contribution in [2.75, 3.05) is 20.1 Å². The van der Waals surface area contributed by atoms with E-state index in [9.17, 15) is 4.79 Å². The molecule has 2 N–H and O–H groups in total. The van der Waals surface area contributed by atoms with Crippen LogP contribution in [0.15, 0.2) is 0 Å². The molecule has 0 aromatic carbocycles. The van der Waals surface area contributed by atoms with Crippen LogP contribution < -0.4 is 10.6 Å². The molecular formula is C16H31N3O. The molecule has 4 heteroatoms. The maximum absolute atomic E-state index is 12.3. The minimum absolute atomic E-state index is 0.0291. The number of carbonyl (C=O) groups is 1. The summed E-state index contributed by atoms with van der Waals surface area (Å²) in [6.45, 7) is 6.43. The highest BCUT2D eigenvalue weighted by molar-refractivity contribution is 5.81. The van der Waals surface area contributed by atoms with Crippen LogP contribution in [0.3, 0.4) is 0 Å². The Hall–Kier alpha value is -0.610. The summed E-state index contributed by atoms with van der Waals surface area (Å²) in [5.74, 6) is 0.985. The second-order valence-electron chi connectivity index (χ2n) is 6.62. The summed E-state index contributed by atoms with van der Waals surface area (Å²) in [5.41, 5.74) is 0. The van der Waals surface area contributed by atoms with E-state index in [1.807, 2.05) is 7.05 Å².